The van der Waals surface area contributed by atoms with Gasteiger partial charge in [-0.25, -0.2) is 14.2 Å². The molecule has 2 amide bonds. The molecule has 2 fully saturated rings. The minimum Gasteiger partial charge on any atom is -0.443 e. The van der Waals surface area contributed by atoms with Gasteiger partial charge in [-0.1, -0.05) is 38.2 Å². The number of carbonyl (C=O) groups excluding carboxylic acids is 3. The van der Waals surface area contributed by atoms with Crippen LogP contribution < -0.4 is 5.73 Å². The van der Waals surface area contributed by atoms with Crippen LogP contribution in [0.1, 0.15) is 81.3 Å². The van der Waals surface area contributed by atoms with Crippen molar-refractivity contribution in [2.24, 2.45) is 11.7 Å². The number of aromatic nitrogens is 1. The summed E-state index contributed by atoms with van der Waals surface area (Å²) in [5.74, 6) is -1.01. The van der Waals surface area contributed by atoms with Crippen LogP contribution in [0.3, 0.4) is 0 Å². The molecule has 184 valence electrons. The van der Waals surface area contributed by atoms with Crippen LogP contribution in [0, 0.1) is 11.7 Å². The summed E-state index contributed by atoms with van der Waals surface area (Å²) in [7, 11) is 0. The summed E-state index contributed by atoms with van der Waals surface area (Å²) in [5.41, 5.74) is 4.46. The first kappa shape index (κ1) is 24.2. The molecule has 2 aromatic rings. The molecule has 1 aliphatic carbocycles. The van der Waals surface area contributed by atoms with Crippen molar-refractivity contribution in [1.29, 1.82) is 0 Å². The highest BCUT2D eigenvalue weighted by Crippen LogP contribution is 2.38. The number of halogens is 1. The predicted molar refractivity (Wildman–Crippen MR) is 123 cm³/mol. The highest BCUT2D eigenvalue weighted by Gasteiger charge is 2.41. The monoisotopic (exact) mass is 473 g/mol. The smallest absolute Gasteiger partial charge is 0.405 e. The Hall–Kier alpha value is -2.97. The van der Waals surface area contributed by atoms with Crippen LogP contribution in [0.2, 0.25) is 0 Å². The molecule has 8 nitrogen and oxygen atoms in total. The maximum Gasteiger partial charge on any atom is 0.405 e. The van der Waals surface area contributed by atoms with Gasteiger partial charge in [-0.2, -0.15) is 0 Å². The number of fused-ring (bicyclic) bond motifs is 1. The molecule has 1 aromatic carbocycles. The fraction of sp³-hybridized carbons (Fsp3) is 0.600. The van der Waals surface area contributed by atoms with Gasteiger partial charge in [-0.3, -0.25) is 9.59 Å². The Morgan fingerprint density at radius 3 is 2.56 bits per heavy atom. The number of hydrogen-bond acceptors (Lipinski definition) is 6. The number of ether oxygens (including phenoxy) is 1. The van der Waals surface area contributed by atoms with Crippen molar-refractivity contribution >= 4 is 28.9 Å². The lowest BCUT2D eigenvalue weighted by atomic mass is 9.77. The Kier molecular flexibility index (Phi) is 7.48. The molecule has 0 spiro atoms. The third-order valence-electron chi connectivity index (χ3n) is 7.05. The Bertz CT molecular complexity index is 1040. The fourth-order valence-electron chi connectivity index (χ4n) is 5.36. The average Bonchev–Trinajstić information content (AvgIpc) is 3.49. The SMILES string of the molecule is NC(=O)O[C@](CCC(=O)c1nc2c(F)cccc2o1)(CC(=O)N1CCCC1)CC1CCCCC1. The van der Waals surface area contributed by atoms with E-state index in [-0.39, 0.29) is 48.1 Å². The van der Waals surface area contributed by atoms with Crippen LogP contribution in [0.15, 0.2) is 22.6 Å². The van der Waals surface area contributed by atoms with E-state index in [0.717, 1.165) is 38.5 Å². The standard InChI is InChI=1S/C25H32FN3O5/c26-18-9-6-10-20-22(18)28-23(33-20)19(30)11-12-25(34-24(27)32,15-17-7-2-1-3-8-17)16-21(31)29-13-4-5-14-29/h6,9-10,17H,1-5,7-8,11-16H2,(H2,27,32)/t25-/m0/s1. The zero-order valence-corrected chi connectivity index (χ0v) is 19.4. The zero-order chi connectivity index (χ0) is 24.1. The largest absolute Gasteiger partial charge is 0.443 e. The summed E-state index contributed by atoms with van der Waals surface area (Å²) >= 11 is 0. The number of oxazole rings is 1. The number of rotatable bonds is 9. The summed E-state index contributed by atoms with van der Waals surface area (Å²) < 4.78 is 25.1. The molecule has 4 rings (SSSR count). The topological polar surface area (TPSA) is 116 Å². The van der Waals surface area contributed by atoms with E-state index < -0.39 is 23.3 Å². The van der Waals surface area contributed by atoms with E-state index in [9.17, 15) is 18.8 Å². The normalized spacial score (nSPS) is 18.7. The van der Waals surface area contributed by atoms with Crippen molar-refractivity contribution in [3.63, 3.8) is 0 Å². The molecular weight excluding hydrogens is 441 g/mol. The summed E-state index contributed by atoms with van der Waals surface area (Å²) in [6.07, 6.45) is 6.77. The van der Waals surface area contributed by atoms with Gasteiger partial charge in [0, 0.05) is 19.5 Å². The average molecular weight is 474 g/mol. The van der Waals surface area contributed by atoms with Crippen LogP contribution in [-0.2, 0) is 9.53 Å². The number of benzene rings is 1. The van der Waals surface area contributed by atoms with Crippen LogP contribution in [-0.4, -0.2) is 46.4 Å². The lowest BCUT2D eigenvalue weighted by Gasteiger charge is -2.37. The van der Waals surface area contributed by atoms with E-state index >= 15 is 0 Å². The van der Waals surface area contributed by atoms with E-state index in [1.54, 1.807) is 11.0 Å². The third-order valence-corrected chi connectivity index (χ3v) is 7.05. The first-order chi connectivity index (χ1) is 16.3. The van der Waals surface area contributed by atoms with Crippen molar-refractivity contribution < 1.29 is 27.9 Å². The fourth-order valence-corrected chi connectivity index (χ4v) is 5.36. The van der Waals surface area contributed by atoms with Gasteiger partial charge < -0.3 is 19.8 Å². The number of Topliss-reactive ketones (excluding diaryl/α,β-unsaturated/α-hetero) is 1. The van der Waals surface area contributed by atoms with Crippen molar-refractivity contribution in [2.75, 3.05) is 13.1 Å². The first-order valence-corrected chi connectivity index (χ1v) is 12.2. The summed E-state index contributed by atoms with van der Waals surface area (Å²) in [6.45, 7) is 1.37. The van der Waals surface area contributed by atoms with E-state index in [0.29, 0.717) is 19.5 Å². The van der Waals surface area contributed by atoms with Gasteiger partial charge in [0.05, 0.1) is 6.42 Å². The van der Waals surface area contributed by atoms with E-state index in [1.807, 2.05) is 0 Å². The molecule has 0 radical (unpaired) electrons. The van der Waals surface area contributed by atoms with E-state index in [2.05, 4.69) is 4.98 Å². The number of likely N-dealkylation sites (tertiary alicyclic amines) is 1. The molecule has 1 aliphatic heterocycles. The van der Waals surface area contributed by atoms with Gasteiger partial charge in [0.25, 0.3) is 5.89 Å². The van der Waals surface area contributed by atoms with Gasteiger partial charge in [0.1, 0.15) is 11.1 Å². The van der Waals surface area contributed by atoms with Crippen molar-refractivity contribution in [2.45, 2.75) is 76.2 Å². The van der Waals surface area contributed by atoms with Crippen LogP contribution in [0.5, 0.6) is 0 Å². The molecule has 1 aromatic heterocycles. The number of primary amides is 1. The highest BCUT2D eigenvalue weighted by atomic mass is 19.1. The summed E-state index contributed by atoms with van der Waals surface area (Å²) in [5, 5.41) is 0. The molecule has 0 unspecified atom stereocenters. The second-order valence-corrected chi connectivity index (χ2v) is 9.61. The maximum atomic E-state index is 14.0. The number of hydrogen-bond donors (Lipinski definition) is 1. The lowest BCUT2D eigenvalue weighted by molar-refractivity contribution is -0.136. The molecule has 1 saturated heterocycles. The van der Waals surface area contributed by atoms with E-state index in [1.165, 1.54) is 18.6 Å². The van der Waals surface area contributed by atoms with Gasteiger partial charge in [0.2, 0.25) is 11.7 Å². The number of para-hydroxylation sites is 1. The molecule has 2 heterocycles. The summed E-state index contributed by atoms with van der Waals surface area (Å²) in [4.78, 5) is 43.8. The molecule has 2 N–H and O–H groups in total. The van der Waals surface area contributed by atoms with Crippen LogP contribution in [0.25, 0.3) is 11.1 Å². The number of nitrogens with two attached hydrogens (primary N) is 1. The number of ketones is 1. The second-order valence-electron chi connectivity index (χ2n) is 9.61. The molecule has 9 heteroatoms. The zero-order valence-electron chi connectivity index (χ0n) is 19.4. The number of nitrogens with zero attached hydrogens (tertiary/aromatic N) is 2. The third kappa shape index (κ3) is 5.74. The Morgan fingerprint density at radius 2 is 1.88 bits per heavy atom. The molecule has 1 atom stereocenters. The predicted octanol–water partition coefficient (Wildman–Crippen LogP) is 4.75. The minimum absolute atomic E-state index is 0.00286. The second kappa shape index (κ2) is 10.5. The van der Waals surface area contributed by atoms with Gasteiger partial charge in [-0.05, 0) is 43.7 Å². The molecule has 2 aliphatic rings. The van der Waals surface area contributed by atoms with Crippen molar-refractivity contribution in [3.8, 4) is 0 Å². The molecule has 1 saturated carbocycles. The number of amides is 2. The molecule has 0 bridgehead atoms. The van der Waals surface area contributed by atoms with Crippen molar-refractivity contribution in [1.82, 2.24) is 9.88 Å². The van der Waals surface area contributed by atoms with E-state index in [4.69, 9.17) is 14.9 Å². The quantitative estimate of drug-likeness (QED) is 0.526. The van der Waals surface area contributed by atoms with Gasteiger partial charge in [-0.15, -0.1) is 0 Å². The molecule has 34 heavy (non-hydrogen) atoms. The maximum absolute atomic E-state index is 14.0. The first-order valence-electron chi connectivity index (χ1n) is 12.2. The number of carbonyl (C=O) groups is 3. The Balaban J connectivity index is 1.55. The van der Waals surface area contributed by atoms with Gasteiger partial charge >= 0.3 is 6.09 Å². The lowest BCUT2D eigenvalue weighted by Crippen LogP contribution is -2.44. The van der Waals surface area contributed by atoms with Crippen LogP contribution in [0.4, 0.5) is 9.18 Å². The Morgan fingerprint density at radius 1 is 1.15 bits per heavy atom. The Labute approximate surface area is 198 Å². The molecular formula is C25H32FN3O5. The minimum atomic E-state index is -1.18. The van der Waals surface area contributed by atoms with Gasteiger partial charge in [0.15, 0.2) is 11.4 Å². The van der Waals surface area contributed by atoms with Crippen LogP contribution >= 0.6 is 0 Å². The highest BCUT2D eigenvalue weighted by molar-refractivity contribution is 5.94. The summed E-state index contributed by atoms with van der Waals surface area (Å²) in [6, 6.07) is 4.27. The van der Waals surface area contributed by atoms with Crippen molar-refractivity contribution in [3.05, 3.63) is 29.9 Å².